The highest BCUT2D eigenvalue weighted by atomic mass is 28.4. The zero-order valence-electron chi connectivity index (χ0n) is 18.0. The minimum absolute atomic E-state index is 0.0179. The van der Waals surface area contributed by atoms with Gasteiger partial charge < -0.3 is 13.7 Å². The molecule has 0 fully saturated rings. The van der Waals surface area contributed by atoms with E-state index in [9.17, 15) is 4.79 Å². The molecule has 146 valence electrons. The Morgan fingerprint density at radius 3 is 1.76 bits per heavy atom. The highest BCUT2D eigenvalue weighted by Gasteiger charge is 2.42. The number of hydrogen-bond donors (Lipinski definition) is 0. The van der Waals surface area contributed by atoms with Crippen molar-refractivity contribution >= 4 is 28.3 Å². The number of rotatable bonds is 7. The first-order valence-electron chi connectivity index (χ1n) is 8.78. The molecule has 0 saturated carbocycles. The Hall–Kier alpha value is -1.09. The summed E-state index contributed by atoms with van der Waals surface area (Å²) in [6, 6.07) is 0. The van der Waals surface area contributed by atoms with Crippen molar-refractivity contribution in [3.8, 4) is 0 Å². The maximum atomic E-state index is 12.3. The fourth-order valence-electron chi connectivity index (χ4n) is 1.21. The molecule has 5 nitrogen and oxygen atoms in total. The summed E-state index contributed by atoms with van der Waals surface area (Å²) < 4.78 is 17.1. The molecule has 0 heterocycles. The van der Waals surface area contributed by atoms with Gasteiger partial charge in [0, 0.05) is 0 Å². The fourth-order valence-corrected chi connectivity index (χ4v) is 2.82. The van der Waals surface area contributed by atoms with Crippen molar-refractivity contribution in [2.24, 2.45) is 5.16 Å². The molecule has 0 saturated heterocycles. The van der Waals surface area contributed by atoms with E-state index < -0.39 is 22.6 Å². The number of carbonyl (C=O) groups is 1. The second kappa shape index (κ2) is 8.08. The van der Waals surface area contributed by atoms with E-state index in [2.05, 4.69) is 79.5 Å². The molecule has 0 aromatic carbocycles. The Kier molecular flexibility index (Phi) is 7.72. The van der Waals surface area contributed by atoms with Crippen molar-refractivity contribution in [1.82, 2.24) is 0 Å². The normalized spacial score (nSPS) is 14.1. The highest BCUT2D eigenvalue weighted by Crippen LogP contribution is 2.39. The van der Waals surface area contributed by atoms with E-state index >= 15 is 0 Å². The zero-order valence-corrected chi connectivity index (χ0v) is 20.0. The lowest BCUT2D eigenvalue weighted by Gasteiger charge is -2.37. The van der Waals surface area contributed by atoms with Gasteiger partial charge in [-0.1, -0.05) is 53.3 Å². The Labute approximate surface area is 156 Å². The van der Waals surface area contributed by atoms with Crippen molar-refractivity contribution in [2.75, 3.05) is 6.61 Å². The van der Waals surface area contributed by atoms with Crippen LogP contribution in [-0.2, 0) is 18.5 Å². The third-order valence-corrected chi connectivity index (χ3v) is 13.6. The molecule has 0 rings (SSSR count). The molecule has 0 aliphatic rings. The average Bonchev–Trinajstić information content (AvgIpc) is 2.35. The van der Waals surface area contributed by atoms with Crippen LogP contribution in [-0.4, -0.2) is 34.9 Å². The molecule has 0 atom stereocenters. The van der Waals surface area contributed by atoms with Gasteiger partial charge in [0.1, 0.15) is 5.76 Å². The topological polar surface area (TPSA) is 57.1 Å². The van der Waals surface area contributed by atoms with Gasteiger partial charge in [-0.05, 0) is 43.2 Å². The fraction of sp³-hybridized carbons (Fsp3) is 0.778. The summed E-state index contributed by atoms with van der Waals surface area (Å²) in [7, 11) is -4.30. The number of oxime groups is 1. The van der Waals surface area contributed by atoms with E-state index in [0.717, 1.165) is 0 Å². The number of hydrogen-bond acceptors (Lipinski definition) is 5. The number of ether oxygens (including phenoxy) is 1. The summed E-state index contributed by atoms with van der Waals surface area (Å²) in [6.07, 6.45) is 0. The first-order chi connectivity index (χ1) is 11.0. The van der Waals surface area contributed by atoms with Crippen molar-refractivity contribution in [2.45, 2.75) is 84.7 Å². The van der Waals surface area contributed by atoms with E-state index in [1.165, 1.54) is 0 Å². The Bertz CT molecular complexity index is 526. The van der Waals surface area contributed by atoms with Crippen LogP contribution >= 0.6 is 0 Å². The molecule has 0 radical (unpaired) electrons. The first kappa shape index (κ1) is 23.9. The van der Waals surface area contributed by atoms with Gasteiger partial charge >= 0.3 is 5.97 Å². The molecule has 0 aliphatic carbocycles. The molecule has 0 N–H and O–H groups in total. The lowest BCUT2D eigenvalue weighted by atomic mass is 10.2. The quantitative estimate of drug-likeness (QED) is 0.191. The molecule has 25 heavy (non-hydrogen) atoms. The van der Waals surface area contributed by atoms with Crippen LogP contribution in [0.4, 0.5) is 0 Å². The number of carbonyl (C=O) groups excluding carboxylic acids is 1. The Morgan fingerprint density at radius 2 is 1.40 bits per heavy atom. The summed E-state index contributed by atoms with van der Waals surface area (Å²) >= 11 is 0. The summed E-state index contributed by atoms with van der Waals surface area (Å²) in [5.74, 6) is -0.339. The smallest absolute Gasteiger partial charge is 0.364 e. The number of nitrogens with zero attached hydrogens (tertiary/aromatic N) is 1. The van der Waals surface area contributed by atoms with Gasteiger partial charge in [-0.3, -0.25) is 0 Å². The third-order valence-electron chi connectivity index (χ3n) is 5.09. The van der Waals surface area contributed by atoms with Crippen LogP contribution < -0.4 is 0 Å². The molecule has 0 aliphatic heterocycles. The third kappa shape index (κ3) is 6.62. The van der Waals surface area contributed by atoms with Crippen molar-refractivity contribution in [3.63, 3.8) is 0 Å². The van der Waals surface area contributed by atoms with E-state index in [1.807, 2.05) is 0 Å². The maximum Gasteiger partial charge on any atom is 0.364 e. The standard InChI is InChI=1S/C18H37NO4Si2/c1-13-21-16(20)15(19-23-25(11,12)18(6,7)8)14(2)22-24(9,10)17(3,4)5/h2,13H2,1,3-12H3. The largest absolute Gasteiger partial charge is 0.542 e. The molecular weight excluding hydrogens is 350 g/mol. The van der Waals surface area contributed by atoms with Gasteiger partial charge in [-0.25, -0.2) is 4.79 Å². The minimum Gasteiger partial charge on any atom is -0.542 e. The average molecular weight is 388 g/mol. The first-order valence-corrected chi connectivity index (χ1v) is 14.6. The highest BCUT2D eigenvalue weighted by molar-refractivity contribution is 6.75. The lowest BCUT2D eigenvalue weighted by Crippen LogP contribution is -2.42. The minimum atomic E-state index is -2.16. The molecular formula is C18H37NO4Si2. The summed E-state index contributed by atoms with van der Waals surface area (Å²) in [6.45, 7) is 27.0. The van der Waals surface area contributed by atoms with Crippen LogP contribution in [0.15, 0.2) is 17.5 Å². The van der Waals surface area contributed by atoms with Crippen LogP contribution in [0.25, 0.3) is 0 Å². The molecule has 7 heteroatoms. The molecule has 0 unspecified atom stereocenters. The SMILES string of the molecule is C=C(O[Si](C)(C)C(C)(C)C)C(=NO[Si](C)(C)C(C)(C)C)C(=O)OCC. The van der Waals surface area contributed by atoms with E-state index in [4.69, 9.17) is 13.7 Å². The predicted octanol–water partition coefficient (Wildman–Crippen LogP) is 5.46. The number of esters is 1. The molecule has 0 amide bonds. The second-order valence-corrected chi connectivity index (χ2v) is 18.7. The Balaban J connectivity index is 5.63. The van der Waals surface area contributed by atoms with Crippen LogP contribution in [0.5, 0.6) is 0 Å². The van der Waals surface area contributed by atoms with Gasteiger partial charge in [-0.15, -0.1) is 0 Å². The monoisotopic (exact) mass is 387 g/mol. The van der Waals surface area contributed by atoms with Gasteiger partial charge in [-0.2, -0.15) is 0 Å². The zero-order chi connectivity index (χ0) is 20.3. The van der Waals surface area contributed by atoms with Gasteiger partial charge in [0.05, 0.1) is 6.61 Å². The summed E-state index contributed by atoms with van der Waals surface area (Å²) in [5, 5.41) is 4.10. The van der Waals surface area contributed by atoms with E-state index in [-0.39, 0.29) is 28.2 Å². The second-order valence-electron chi connectivity index (χ2n) is 9.30. The Morgan fingerprint density at radius 1 is 0.960 bits per heavy atom. The molecule has 0 bridgehead atoms. The van der Waals surface area contributed by atoms with Crippen LogP contribution in [0.1, 0.15) is 48.5 Å². The van der Waals surface area contributed by atoms with E-state index in [0.29, 0.717) is 0 Å². The molecule has 0 spiro atoms. The van der Waals surface area contributed by atoms with E-state index in [1.54, 1.807) is 6.92 Å². The van der Waals surface area contributed by atoms with Gasteiger partial charge in [0.15, 0.2) is 0 Å². The van der Waals surface area contributed by atoms with Crippen molar-refractivity contribution < 1.29 is 18.5 Å². The van der Waals surface area contributed by atoms with Crippen LogP contribution in [0, 0.1) is 0 Å². The molecule has 0 aromatic rings. The maximum absolute atomic E-state index is 12.3. The van der Waals surface area contributed by atoms with Crippen LogP contribution in [0.3, 0.4) is 0 Å². The van der Waals surface area contributed by atoms with Crippen LogP contribution in [0.2, 0.25) is 36.3 Å². The van der Waals surface area contributed by atoms with Crippen molar-refractivity contribution in [1.29, 1.82) is 0 Å². The lowest BCUT2D eigenvalue weighted by molar-refractivity contribution is -0.135. The van der Waals surface area contributed by atoms with Crippen molar-refractivity contribution in [3.05, 3.63) is 12.3 Å². The predicted molar refractivity (Wildman–Crippen MR) is 110 cm³/mol. The van der Waals surface area contributed by atoms with Gasteiger partial charge in [0.2, 0.25) is 5.71 Å². The summed E-state index contributed by atoms with van der Waals surface area (Å²) in [5.41, 5.74) is 0.0245. The molecule has 0 aromatic heterocycles. The summed E-state index contributed by atoms with van der Waals surface area (Å²) in [4.78, 5) is 12.3. The van der Waals surface area contributed by atoms with Gasteiger partial charge in [0.25, 0.3) is 16.6 Å².